The Morgan fingerprint density at radius 2 is 1.95 bits per heavy atom. The highest BCUT2D eigenvalue weighted by Gasteiger charge is 2.17. The third kappa shape index (κ3) is 4.56. The van der Waals surface area contributed by atoms with Crippen LogP contribution in [0.4, 0.5) is 0 Å². The molecular formula is C14H22ClNO3. The summed E-state index contributed by atoms with van der Waals surface area (Å²) in [4.78, 5) is 0. The zero-order valence-electron chi connectivity index (χ0n) is 11.9. The molecule has 2 N–H and O–H groups in total. The van der Waals surface area contributed by atoms with Gasteiger partial charge in [0, 0.05) is 18.7 Å². The van der Waals surface area contributed by atoms with Gasteiger partial charge in [0.15, 0.2) is 11.5 Å². The van der Waals surface area contributed by atoms with Crippen LogP contribution in [-0.4, -0.2) is 31.5 Å². The molecule has 0 fully saturated rings. The molecule has 5 heteroatoms. The molecule has 0 unspecified atom stereocenters. The van der Waals surface area contributed by atoms with Gasteiger partial charge in [0.05, 0.1) is 19.2 Å². The Balaban J connectivity index is 2.83. The fourth-order valence-corrected chi connectivity index (χ4v) is 2.09. The maximum Gasteiger partial charge on any atom is 0.179 e. The number of aliphatic hydroxyl groups is 1. The van der Waals surface area contributed by atoms with Gasteiger partial charge in [0.2, 0.25) is 0 Å². The first kappa shape index (κ1) is 16.1. The molecule has 0 saturated heterocycles. The molecule has 1 aromatic carbocycles. The molecule has 1 rings (SSSR count). The van der Waals surface area contributed by atoms with Crippen LogP contribution in [0.1, 0.15) is 25.8 Å². The van der Waals surface area contributed by atoms with Gasteiger partial charge in [-0.15, -0.1) is 0 Å². The van der Waals surface area contributed by atoms with Crippen molar-refractivity contribution in [3.05, 3.63) is 22.7 Å². The van der Waals surface area contributed by atoms with Crippen molar-refractivity contribution >= 4 is 11.6 Å². The van der Waals surface area contributed by atoms with Gasteiger partial charge >= 0.3 is 0 Å². The van der Waals surface area contributed by atoms with Crippen molar-refractivity contribution in [2.24, 2.45) is 0 Å². The van der Waals surface area contributed by atoms with E-state index in [0.717, 1.165) is 5.56 Å². The predicted octanol–water partition coefficient (Wildman–Crippen LogP) is 2.61. The van der Waals surface area contributed by atoms with Crippen molar-refractivity contribution in [1.29, 1.82) is 0 Å². The Kier molecular flexibility index (Phi) is 5.91. The lowest BCUT2D eigenvalue weighted by atomic mass is 10.0. The van der Waals surface area contributed by atoms with E-state index in [1.165, 1.54) is 0 Å². The molecule has 0 aliphatic heterocycles. The smallest absolute Gasteiger partial charge is 0.179 e. The van der Waals surface area contributed by atoms with Crippen LogP contribution in [0.3, 0.4) is 0 Å². The average Bonchev–Trinajstić information content (AvgIpc) is 2.35. The third-order valence-corrected chi connectivity index (χ3v) is 3.28. The Hall–Kier alpha value is -0.970. The highest BCUT2D eigenvalue weighted by atomic mass is 35.5. The lowest BCUT2D eigenvalue weighted by molar-refractivity contribution is 0.230. The average molecular weight is 288 g/mol. The van der Waals surface area contributed by atoms with E-state index in [1.54, 1.807) is 14.2 Å². The molecule has 0 heterocycles. The van der Waals surface area contributed by atoms with E-state index < -0.39 is 0 Å². The van der Waals surface area contributed by atoms with Crippen LogP contribution >= 0.6 is 11.6 Å². The summed E-state index contributed by atoms with van der Waals surface area (Å²) >= 11 is 6.15. The molecule has 0 saturated carbocycles. The van der Waals surface area contributed by atoms with E-state index >= 15 is 0 Å². The first-order valence-electron chi connectivity index (χ1n) is 6.20. The second-order valence-electron chi connectivity index (χ2n) is 5.02. The quantitative estimate of drug-likeness (QED) is 0.809. The summed E-state index contributed by atoms with van der Waals surface area (Å²) in [5, 5.41) is 12.9. The van der Waals surface area contributed by atoms with Gasteiger partial charge in [-0.1, -0.05) is 11.6 Å². The summed E-state index contributed by atoms with van der Waals surface area (Å²) < 4.78 is 10.5. The number of methoxy groups -OCH3 is 2. The molecule has 0 aliphatic carbocycles. The maximum absolute atomic E-state index is 9.00. The van der Waals surface area contributed by atoms with Crippen molar-refractivity contribution < 1.29 is 14.6 Å². The summed E-state index contributed by atoms with van der Waals surface area (Å²) in [6.07, 6.45) is 0.689. The predicted molar refractivity (Wildman–Crippen MR) is 77.2 cm³/mol. The largest absolute Gasteiger partial charge is 0.493 e. The number of ether oxygens (including phenoxy) is 2. The Bertz CT molecular complexity index is 421. The second kappa shape index (κ2) is 6.98. The Morgan fingerprint density at radius 1 is 1.26 bits per heavy atom. The van der Waals surface area contributed by atoms with E-state index in [0.29, 0.717) is 29.5 Å². The monoisotopic (exact) mass is 287 g/mol. The van der Waals surface area contributed by atoms with Crippen LogP contribution in [0.5, 0.6) is 11.5 Å². The van der Waals surface area contributed by atoms with Crippen LogP contribution in [0.2, 0.25) is 5.02 Å². The van der Waals surface area contributed by atoms with Gasteiger partial charge < -0.3 is 19.9 Å². The molecule has 1 aromatic rings. The van der Waals surface area contributed by atoms with Crippen LogP contribution in [0.15, 0.2) is 12.1 Å². The van der Waals surface area contributed by atoms with Crippen molar-refractivity contribution in [2.45, 2.75) is 32.4 Å². The fraction of sp³-hybridized carbons (Fsp3) is 0.571. The minimum Gasteiger partial charge on any atom is -0.493 e. The van der Waals surface area contributed by atoms with Gasteiger partial charge in [-0.05, 0) is 38.0 Å². The molecule has 108 valence electrons. The molecule has 0 radical (unpaired) electrons. The van der Waals surface area contributed by atoms with Crippen LogP contribution < -0.4 is 14.8 Å². The fourth-order valence-electron chi connectivity index (χ4n) is 1.78. The summed E-state index contributed by atoms with van der Waals surface area (Å²) in [6, 6.07) is 3.75. The molecular weight excluding hydrogens is 266 g/mol. The highest BCUT2D eigenvalue weighted by molar-refractivity contribution is 6.32. The molecule has 0 bridgehead atoms. The molecule has 0 atom stereocenters. The van der Waals surface area contributed by atoms with Gasteiger partial charge in [-0.25, -0.2) is 0 Å². The van der Waals surface area contributed by atoms with Gasteiger partial charge in [0.1, 0.15) is 0 Å². The Labute approximate surface area is 119 Å². The first-order chi connectivity index (χ1) is 8.93. The number of nitrogens with one attached hydrogen (secondary N) is 1. The van der Waals surface area contributed by atoms with Gasteiger partial charge in [0.25, 0.3) is 0 Å². The molecule has 4 nitrogen and oxygen atoms in total. The highest BCUT2D eigenvalue weighted by Crippen LogP contribution is 2.36. The van der Waals surface area contributed by atoms with Crippen molar-refractivity contribution in [3.63, 3.8) is 0 Å². The lowest BCUT2D eigenvalue weighted by Gasteiger charge is -2.25. The van der Waals surface area contributed by atoms with Gasteiger partial charge in [-0.2, -0.15) is 0 Å². The number of hydrogen-bond donors (Lipinski definition) is 2. The molecule has 0 amide bonds. The van der Waals surface area contributed by atoms with Crippen LogP contribution in [0, 0.1) is 0 Å². The molecule has 0 aliphatic rings. The van der Waals surface area contributed by atoms with Crippen LogP contribution in [0.25, 0.3) is 0 Å². The number of aliphatic hydroxyl groups excluding tert-OH is 1. The van der Waals surface area contributed by atoms with Crippen molar-refractivity contribution in [1.82, 2.24) is 5.32 Å². The minimum absolute atomic E-state index is 0.131. The normalized spacial score (nSPS) is 11.5. The zero-order valence-corrected chi connectivity index (χ0v) is 12.7. The molecule has 0 spiro atoms. The number of benzene rings is 1. The third-order valence-electron chi connectivity index (χ3n) is 3.00. The minimum atomic E-state index is -0.131. The lowest BCUT2D eigenvalue weighted by Crippen LogP contribution is -2.39. The van der Waals surface area contributed by atoms with E-state index in [4.69, 9.17) is 26.2 Å². The molecule has 0 aromatic heterocycles. The topological polar surface area (TPSA) is 50.7 Å². The summed E-state index contributed by atoms with van der Waals surface area (Å²) in [5.41, 5.74) is 0.877. The number of rotatable bonds is 7. The van der Waals surface area contributed by atoms with E-state index in [-0.39, 0.29) is 12.1 Å². The summed E-state index contributed by atoms with van der Waals surface area (Å²) in [5.74, 6) is 1.16. The van der Waals surface area contributed by atoms with Gasteiger partial charge in [-0.3, -0.25) is 0 Å². The van der Waals surface area contributed by atoms with E-state index in [1.807, 2.05) is 26.0 Å². The zero-order chi connectivity index (χ0) is 14.5. The summed E-state index contributed by atoms with van der Waals surface area (Å²) in [6.45, 7) is 4.90. The maximum atomic E-state index is 9.00. The van der Waals surface area contributed by atoms with E-state index in [2.05, 4.69) is 5.32 Å². The first-order valence-corrected chi connectivity index (χ1v) is 6.57. The van der Waals surface area contributed by atoms with Crippen molar-refractivity contribution in [2.75, 3.05) is 20.8 Å². The number of halogens is 1. The SMILES string of the molecule is COc1cc(CNC(C)(C)CCO)cc(Cl)c1OC. The summed E-state index contributed by atoms with van der Waals surface area (Å²) in [7, 11) is 3.15. The number of hydrogen-bond acceptors (Lipinski definition) is 4. The van der Waals surface area contributed by atoms with Crippen LogP contribution in [-0.2, 0) is 6.54 Å². The Morgan fingerprint density at radius 3 is 2.47 bits per heavy atom. The van der Waals surface area contributed by atoms with Crippen molar-refractivity contribution in [3.8, 4) is 11.5 Å². The molecule has 19 heavy (non-hydrogen) atoms. The van der Waals surface area contributed by atoms with E-state index in [9.17, 15) is 0 Å². The standard InChI is InChI=1S/C14H22ClNO3/c1-14(2,5-6-17)16-9-10-7-11(15)13(19-4)12(8-10)18-3/h7-8,16-17H,5-6,9H2,1-4H3. The second-order valence-corrected chi connectivity index (χ2v) is 5.43.